The number of nitrogens with zero attached hydrogens (tertiary/aromatic N) is 1. The first kappa shape index (κ1) is 15.2. The van der Waals surface area contributed by atoms with Crippen LogP contribution in [-0.2, 0) is 0 Å². The van der Waals surface area contributed by atoms with E-state index >= 15 is 0 Å². The first-order chi connectivity index (χ1) is 9.63. The fourth-order valence-electron chi connectivity index (χ4n) is 2.68. The van der Waals surface area contributed by atoms with E-state index in [1.54, 1.807) is 6.07 Å². The summed E-state index contributed by atoms with van der Waals surface area (Å²) in [6, 6.07) is 3.95. The SMILES string of the molecule is CCSC1CCCC1NC(=O)c1cc(C)nc(NC)c1. The Morgan fingerprint density at radius 3 is 2.95 bits per heavy atom. The molecule has 4 nitrogen and oxygen atoms in total. The van der Waals surface area contributed by atoms with Crippen LogP contribution in [0.3, 0.4) is 0 Å². The molecule has 1 saturated carbocycles. The van der Waals surface area contributed by atoms with E-state index in [0.29, 0.717) is 16.9 Å². The Morgan fingerprint density at radius 1 is 1.45 bits per heavy atom. The number of aromatic nitrogens is 1. The summed E-state index contributed by atoms with van der Waals surface area (Å²) in [7, 11) is 1.81. The number of carbonyl (C=O) groups excluding carboxylic acids is 1. The topological polar surface area (TPSA) is 54.0 Å². The molecule has 1 aliphatic carbocycles. The number of rotatable bonds is 5. The van der Waals surface area contributed by atoms with E-state index in [1.807, 2.05) is 31.8 Å². The fourth-order valence-corrected chi connectivity index (χ4v) is 3.88. The summed E-state index contributed by atoms with van der Waals surface area (Å²) in [5.74, 6) is 1.86. The molecule has 1 amide bonds. The van der Waals surface area contributed by atoms with Crippen LogP contribution in [0.5, 0.6) is 0 Å². The first-order valence-corrected chi connectivity index (χ1v) is 8.27. The number of carbonyl (C=O) groups is 1. The second-order valence-electron chi connectivity index (χ2n) is 5.14. The Hall–Kier alpha value is -1.23. The van der Waals surface area contributed by atoms with Crippen molar-refractivity contribution < 1.29 is 4.79 Å². The molecule has 0 saturated heterocycles. The van der Waals surface area contributed by atoms with Crippen LogP contribution in [0.25, 0.3) is 0 Å². The minimum atomic E-state index is 0.0144. The van der Waals surface area contributed by atoms with Gasteiger partial charge < -0.3 is 10.6 Å². The molecule has 0 bridgehead atoms. The fraction of sp³-hybridized carbons (Fsp3) is 0.600. The third-order valence-corrected chi connectivity index (χ3v) is 4.95. The van der Waals surface area contributed by atoms with Crippen LogP contribution in [-0.4, -0.2) is 35.0 Å². The highest BCUT2D eigenvalue weighted by molar-refractivity contribution is 7.99. The molecule has 2 rings (SSSR count). The van der Waals surface area contributed by atoms with E-state index < -0.39 is 0 Å². The molecular weight excluding hydrogens is 270 g/mol. The lowest BCUT2D eigenvalue weighted by atomic mass is 10.1. The van der Waals surface area contributed by atoms with Gasteiger partial charge in [-0.25, -0.2) is 4.98 Å². The Morgan fingerprint density at radius 2 is 2.25 bits per heavy atom. The highest BCUT2D eigenvalue weighted by Crippen LogP contribution is 2.30. The van der Waals surface area contributed by atoms with Crippen LogP contribution in [0, 0.1) is 6.92 Å². The van der Waals surface area contributed by atoms with Crippen molar-refractivity contribution in [2.45, 2.75) is 44.4 Å². The summed E-state index contributed by atoms with van der Waals surface area (Å²) in [6.45, 7) is 4.08. The number of pyridine rings is 1. The predicted molar refractivity (Wildman–Crippen MR) is 85.5 cm³/mol. The minimum Gasteiger partial charge on any atom is -0.373 e. The summed E-state index contributed by atoms with van der Waals surface area (Å²) in [4.78, 5) is 16.7. The molecule has 20 heavy (non-hydrogen) atoms. The van der Waals surface area contributed by atoms with Crippen molar-refractivity contribution in [2.75, 3.05) is 18.1 Å². The van der Waals surface area contributed by atoms with Crippen molar-refractivity contribution in [2.24, 2.45) is 0 Å². The average Bonchev–Trinajstić information content (AvgIpc) is 2.85. The molecule has 1 aromatic heterocycles. The number of thioether (sulfide) groups is 1. The predicted octanol–water partition coefficient (Wildman–Crippen LogP) is 2.84. The van der Waals surface area contributed by atoms with E-state index in [4.69, 9.17) is 0 Å². The lowest BCUT2D eigenvalue weighted by Crippen LogP contribution is -2.38. The standard InChI is InChI=1S/C15H23N3OS/c1-4-20-13-7-5-6-12(13)18-15(19)11-8-10(2)17-14(9-11)16-3/h8-9,12-13H,4-7H2,1-3H3,(H,16,17)(H,18,19). The van der Waals surface area contributed by atoms with Crippen molar-refractivity contribution in [1.29, 1.82) is 0 Å². The van der Waals surface area contributed by atoms with Crippen LogP contribution in [0.2, 0.25) is 0 Å². The summed E-state index contributed by atoms with van der Waals surface area (Å²) >= 11 is 1.96. The summed E-state index contributed by atoms with van der Waals surface area (Å²) in [6.07, 6.45) is 3.51. The van der Waals surface area contributed by atoms with E-state index in [9.17, 15) is 4.79 Å². The maximum absolute atomic E-state index is 12.4. The lowest BCUT2D eigenvalue weighted by Gasteiger charge is -2.20. The van der Waals surface area contributed by atoms with Crippen molar-refractivity contribution in [1.82, 2.24) is 10.3 Å². The van der Waals surface area contributed by atoms with E-state index in [2.05, 4.69) is 22.5 Å². The molecule has 0 spiro atoms. The first-order valence-electron chi connectivity index (χ1n) is 7.23. The monoisotopic (exact) mass is 293 g/mol. The molecular formula is C15H23N3OS. The molecule has 1 fully saturated rings. The third kappa shape index (κ3) is 3.66. The Kier molecular flexibility index (Phi) is 5.29. The van der Waals surface area contributed by atoms with Crippen molar-refractivity contribution in [3.8, 4) is 0 Å². The van der Waals surface area contributed by atoms with Gasteiger partial charge in [-0.05, 0) is 37.7 Å². The number of hydrogen-bond donors (Lipinski definition) is 2. The number of nitrogens with one attached hydrogen (secondary N) is 2. The number of aryl methyl sites for hydroxylation is 1. The van der Waals surface area contributed by atoms with Crippen molar-refractivity contribution >= 4 is 23.5 Å². The van der Waals surface area contributed by atoms with Crippen LogP contribution in [0.1, 0.15) is 42.2 Å². The lowest BCUT2D eigenvalue weighted by molar-refractivity contribution is 0.0938. The van der Waals surface area contributed by atoms with E-state index in [1.165, 1.54) is 12.8 Å². The summed E-state index contributed by atoms with van der Waals surface area (Å²) in [5, 5.41) is 6.75. The Labute approximate surface area is 125 Å². The largest absolute Gasteiger partial charge is 0.373 e. The number of hydrogen-bond acceptors (Lipinski definition) is 4. The number of anilines is 1. The molecule has 5 heteroatoms. The van der Waals surface area contributed by atoms with E-state index in [0.717, 1.165) is 23.7 Å². The summed E-state index contributed by atoms with van der Waals surface area (Å²) in [5.41, 5.74) is 1.54. The van der Waals surface area contributed by atoms with Gasteiger partial charge in [0.15, 0.2) is 0 Å². The molecule has 0 aliphatic heterocycles. The zero-order valence-electron chi connectivity index (χ0n) is 12.4. The molecule has 2 N–H and O–H groups in total. The van der Waals surface area contributed by atoms with Gasteiger partial charge in [0, 0.05) is 29.6 Å². The van der Waals surface area contributed by atoms with Gasteiger partial charge in [0.05, 0.1) is 0 Å². The second-order valence-corrected chi connectivity index (χ2v) is 6.65. The highest BCUT2D eigenvalue weighted by atomic mass is 32.2. The number of amides is 1. The second kappa shape index (κ2) is 6.97. The quantitative estimate of drug-likeness (QED) is 0.876. The molecule has 1 aromatic rings. The van der Waals surface area contributed by atoms with Gasteiger partial charge >= 0.3 is 0 Å². The van der Waals surface area contributed by atoms with Crippen molar-refractivity contribution in [3.05, 3.63) is 23.4 Å². The smallest absolute Gasteiger partial charge is 0.251 e. The average molecular weight is 293 g/mol. The maximum atomic E-state index is 12.4. The van der Waals surface area contributed by atoms with Gasteiger partial charge in [-0.15, -0.1) is 0 Å². The zero-order valence-corrected chi connectivity index (χ0v) is 13.2. The van der Waals surface area contributed by atoms with Gasteiger partial charge in [0.1, 0.15) is 5.82 Å². The highest BCUT2D eigenvalue weighted by Gasteiger charge is 2.28. The van der Waals surface area contributed by atoms with Gasteiger partial charge in [0.2, 0.25) is 0 Å². The Bertz CT molecular complexity index is 478. The van der Waals surface area contributed by atoms with Crippen LogP contribution in [0.15, 0.2) is 12.1 Å². The van der Waals surface area contributed by atoms with Crippen molar-refractivity contribution in [3.63, 3.8) is 0 Å². The van der Waals surface area contributed by atoms with Crippen LogP contribution in [0.4, 0.5) is 5.82 Å². The summed E-state index contributed by atoms with van der Waals surface area (Å²) < 4.78 is 0. The minimum absolute atomic E-state index is 0.0144. The maximum Gasteiger partial charge on any atom is 0.251 e. The van der Waals surface area contributed by atoms with Crippen LogP contribution < -0.4 is 10.6 Å². The molecule has 1 aliphatic rings. The van der Waals surface area contributed by atoms with E-state index in [-0.39, 0.29) is 5.91 Å². The van der Waals surface area contributed by atoms with Gasteiger partial charge in [-0.1, -0.05) is 13.3 Å². The molecule has 0 aromatic carbocycles. The normalized spacial score (nSPS) is 21.8. The molecule has 2 unspecified atom stereocenters. The third-order valence-electron chi connectivity index (χ3n) is 3.62. The zero-order chi connectivity index (χ0) is 14.5. The van der Waals surface area contributed by atoms with Crippen LogP contribution >= 0.6 is 11.8 Å². The molecule has 1 heterocycles. The Balaban J connectivity index is 2.06. The molecule has 2 atom stereocenters. The van der Waals surface area contributed by atoms with Gasteiger partial charge in [0.25, 0.3) is 5.91 Å². The molecule has 110 valence electrons. The van der Waals surface area contributed by atoms with Gasteiger partial charge in [-0.2, -0.15) is 11.8 Å². The van der Waals surface area contributed by atoms with Gasteiger partial charge in [-0.3, -0.25) is 4.79 Å². The molecule has 0 radical (unpaired) electrons.